The van der Waals surface area contributed by atoms with Gasteiger partial charge in [0.15, 0.2) is 0 Å². The zero-order chi connectivity index (χ0) is 26.9. The third-order valence-electron chi connectivity index (χ3n) is 7.71. The molecule has 3 aromatic rings. The van der Waals surface area contributed by atoms with E-state index in [0.29, 0.717) is 66.6 Å². The lowest BCUT2D eigenvalue weighted by Gasteiger charge is -2.31. The Balaban J connectivity index is 1.70. The first-order valence-corrected chi connectivity index (χ1v) is 14.6. The maximum atomic E-state index is 15.1. The van der Waals surface area contributed by atoms with Gasteiger partial charge in [-0.3, -0.25) is 4.79 Å². The summed E-state index contributed by atoms with van der Waals surface area (Å²) in [4.78, 5) is 15.6. The zero-order valence-electron chi connectivity index (χ0n) is 22.0. The van der Waals surface area contributed by atoms with Crippen LogP contribution in [-0.4, -0.2) is 48.5 Å². The van der Waals surface area contributed by atoms with Crippen LogP contribution in [0.3, 0.4) is 0 Å². The summed E-state index contributed by atoms with van der Waals surface area (Å²) in [5.41, 5.74) is 9.61. The topological polar surface area (TPSA) is 108 Å². The fourth-order valence-corrected chi connectivity index (χ4v) is 6.12. The predicted octanol–water partition coefficient (Wildman–Crippen LogP) is 4.74. The molecule has 0 bridgehead atoms. The van der Waals surface area contributed by atoms with Gasteiger partial charge < -0.3 is 16.0 Å². The number of carbonyl (C=O) groups is 1. The van der Waals surface area contributed by atoms with Crippen molar-refractivity contribution in [2.45, 2.75) is 59.0 Å². The third kappa shape index (κ3) is 5.73. The fraction of sp³-hybridized carbons (Fsp3) is 0.464. The predicted molar refractivity (Wildman–Crippen MR) is 146 cm³/mol. The van der Waals surface area contributed by atoms with E-state index in [2.05, 4.69) is 31.1 Å². The smallest absolute Gasteiger partial charge is 0.250 e. The summed E-state index contributed by atoms with van der Waals surface area (Å²) in [5.74, 6) is -0.280. The van der Waals surface area contributed by atoms with E-state index in [0.717, 1.165) is 16.5 Å². The molecule has 1 fully saturated rings. The van der Waals surface area contributed by atoms with Gasteiger partial charge in [-0.15, -0.1) is 0 Å². The SMILES string of the molecule is CCS(=O)(=O)N1CCC(c2c[nH]c3c(C(N)=O)cc(-c4cc(CN[C@@H](C)C(C)C)ccc4F)cc23)CC1. The second kappa shape index (κ2) is 10.9. The summed E-state index contributed by atoms with van der Waals surface area (Å²) in [7, 11) is -3.22. The summed E-state index contributed by atoms with van der Waals surface area (Å²) in [6.45, 7) is 9.58. The first kappa shape index (κ1) is 27.3. The number of fused-ring (bicyclic) bond motifs is 1. The Morgan fingerprint density at radius 3 is 2.51 bits per heavy atom. The molecular weight excluding hydrogens is 491 g/mol. The average molecular weight is 529 g/mol. The van der Waals surface area contributed by atoms with Crippen LogP contribution < -0.4 is 11.1 Å². The Hall–Kier alpha value is -2.75. The van der Waals surface area contributed by atoms with Crippen LogP contribution >= 0.6 is 0 Å². The van der Waals surface area contributed by atoms with Gasteiger partial charge in [0.05, 0.1) is 16.8 Å². The lowest BCUT2D eigenvalue weighted by Crippen LogP contribution is -2.38. The number of piperidine rings is 1. The molecule has 1 atom stereocenters. The Labute approximate surface area is 218 Å². The van der Waals surface area contributed by atoms with E-state index >= 15 is 4.39 Å². The van der Waals surface area contributed by atoms with Crippen molar-refractivity contribution in [3.63, 3.8) is 0 Å². The molecule has 1 aliphatic heterocycles. The molecule has 1 aromatic heterocycles. The first-order valence-electron chi connectivity index (χ1n) is 13.0. The number of carbonyl (C=O) groups excluding carboxylic acids is 1. The number of amides is 1. The van der Waals surface area contributed by atoms with Gasteiger partial charge in [-0.05, 0) is 79.5 Å². The average Bonchev–Trinajstić information content (AvgIpc) is 3.31. The van der Waals surface area contributed by atoms with Crippen molar-refractivity contribution in [2.75, 3.05) is 18.8 Å². The molecule has 9 heteroatoms. The molecule has 0 saturated carbocycles. The zero-order valence-corrected chi connectivity index (χ0v) is 22.8. The number of H-pyrrole nitrogens is 1. The van der Waals surface area contributed by atoms with E-state index < -0.39 is 15.9 Å². The van der Waals surface area contributed by atoms with Gasteiger partial charge in [0.25, 0.3) is 5.91 Å². The van der Waals surface area contributed by atoms with Crippen molar-refractivity contribution in [1.29, 1.82) is 0 Å². The number of hydrogen-bond donors (Lipinski definition) is 3. The summed E-state index contributed by atoms with van der Waals surface area (Å²) >= 11 is 0. The number of benzene rings is 2. The number of sulfonamides is 1. The highest BCUT2D eigenvalue weighted by molar-refractivity contribution is 7.89. The molecule has 0 spiro atoms. The van der Waals surface area contributed by atoms with Crippen molar-refractivity contribution in [3.8, 4) is 11.1 Å². The fourth-order valence-electron chi connectivity index (χ4n) is 4.99. The molecule has 2 heterocycles. The largest absolute Gasteiger partial charge is 0.366 e. The van der Waals surface area contributed by atoms with E-state index in [1.807, 2.05) is 18.3 Å². The number of aromatic amines is 1. The lowest BCUT2D eigenvalue weighted by atomic mass is 9.88. The van der Waals surface area contributed by atoms with Gasteiger partial charge in [0.1, 0.15) is 5.82 Å². The number of rotatable bonds is 9. The van der Waals surface area contributed by atoms with Crippen LogP contribution in [0.5, 0.6) is 0 Å². The molecule has 0 radical (unpaired) electrons. The Morgan fingerprint density at radius 2 is 1.89 bits per heavy atom. The molecule has 4 N–H and O–H groups in total. The highest BCUT2D eigenvalue weighted by Gasteiger charge is 2.29. The highest BCUT2D eigenvalue weighted by Crippen LogP contribution is 2.37. The molecule has 1 amide bonds. The molecule has 1 saturated heterocycles. The summed E-state index contributed by atoms with van der Waals surface area (Å²) < 4.78 is 41.2. The van der Waals surface area contributed by atoms with Crippen LogP contribution in [0.25, 0.3) is 22.0 Å². The minimum Gasteiger partial charge on any atom is -0.366 e. The van der Waals surface area contributed by atoms with Crippen molar-refractivity contribution in [1.82, 2.24) is 14.6 Å². The minimum atomic E-state index is -3.22. The number of nitrogens with one attached hydrogen (secondary N) is 2. The number of nitrogens with zero attached hydrogens (tertiary/aromatic N) is 1. The van der Waals surface area contributed by atoms with E-state index in [1.54, 1.807) is 23.4 Å². The molecule has 4 rings (SSSR count). The van der Waals surface area contributed by atoms with E-state index in [-0.39, 0.29) is 17.5 Å². The van der Waals surface area contributed by atoms with Crippen LogP contribution in [0.15, 0.2) is 36.5 Å². The molecule has 0 unspecified atom stereocenters. The molecular formula is C28H37FN4O3S. The van der Waals surface area contributed by atoms with Crippen LogP contribution in [0.2, 0.25) is 0 Å². The van der Waals surface area contributed by atoms with Crippen molar-refractivity contribution < 1.29 is 17.6 Å². The lowest BCUT2D eigenvalue weighted by molar-refractivity contribution is 0.100. The van der Waals surface area contributed by atoms with E-state index in [4.69, 9.17) is 5.73 Å². The Bertz CT molecular complexity index is 1390. The van der Waals surface area contributed by atoms with Crippen molar-refractivity contribution >= 4 is 26.8 Å². The highest BCUT2D eigenvalue weighted by atomic mass is 32.2. The molecule has 0 aliphatic carbocycles. The number of nitrogens with two attached hydrogens (primary N) is 1. The molecule has 37 heavy (non-hydrogen) atoms. The quantitative estimate of drug-likeness (QED) is 0.373. The van der Waals surface area contributed by atoms with Crippen molar-refractivity contribution in [2.24, 2.45) is 11.7 Å². The number of primary amides is 1. The van der Waals surface area contributed by atoms with Crippen LogP contribution in [0.4, 0.5) is 4.39 Å². The molecule has 200 valence electrons. The molecule has 1 aliphatic rings. The van der Waals surface area contributed by atoms with E-state index in [1.165, 1.54) is 6.07 Å². The van der Waals surface area contributed by atoms with Gasteiger partial charge in [0.2, 0.25) is 10.0 Å². The van der Waals surface area contributed by atoms with Gasteiger partial charge in [-0.2, -0.15) is 0 Å². The monoisotopic (exact) mass is 528 g/mol. The number of aromatic nitrogens is 1. The maximum Gasteiger partial charge on any atom is 0.250 e. The summed E-state index contributed by atoms with van der Waals surface area (Å²) in [6.07, 6.45) is 3.22. The van der Waals surface area contributed by atoms with Crippen LogP contribution in [0.1, 0.15) is 67.9 Å². The van der Waals surface area contributed by atoms with Crippen molar-refractivity contribution in [3.05, 3.63) is 59.0 Å². The second-order valence-corrected chi connectivity index (χ2v) is 12.6. The van der Waals surface area contributed by atoms with Crippen LogP contribution in [-0.2, 0) is 16.6 Å². The Morgan fingerprint density at radius 1 is 1.19 bits per heavy atom. The molecule has 2 aromatic carbocycles. The van der Waals surface area contributed by atoms with E-state index in [9.17, 15) is 13.2 Å². The summed E-state index contributed by atoms with van der Waals surface area (Å²) in [5, 5.41) is 4.29. The third-order valence-corrected chi connectivity index (χ3v) is 9.59. The first-order chi connectivity index (χ1) is 17.5. The minimum absolute atomic E-state index is 0.0899. The number of hydrogen-bond acceptors (Lipinski definition) is 4. The van der Waals surface area contributed by atoms with Gasteiger partial charge in [0, 0.05) is 42.8 Å². The summed E-state index contributed by atoms with van der Waals surface area (Å²) in [6, 6.07) is 8.92. The number of halogens is 1. The van der Waals surface area contributed by atoms with Gasteiger partial charge in [-0.1, -0.05) is 19.9 Å². The Kier molecular flexibility index (Phi) is 8.06. The second-order valence-electron chi connectivity index (χ2n) is 10.4. The maximum absolute atomic E-state index is 15.1. The molecule has 7 nitrogen and oxygen atoms in total. The standard InChI is InChI=1S/C28H37FN4O3S/c1-5-37(35,36)33-10-8-20(9-11-33)25-16-32-27-23(25)13-21(14-24(27)28(30)34)22-12-19(6-7-26(22)29)15-31-18(4)17(2)3/h6-7,12-14,16-18,20,31-32H,5,8-11,15H2,1-4H3,(H2,30,34)/t18-/m0/s1. The normalized spacial score (nSPS) is 16.5. The van der Waals surface area contributed by atoms with Gasteiger partial charge in [-0.25, -0.2) is 17.1 Å². The van der Waals surface area contributed by atoms with Gasteiger partial charge >= 0.3 is 0 Å². The van der Waals surface area contributed by atoms with Crippen LogP contribution in [0, 0.1) is 11.7 Å².